The number of hydrogen-bond acceptors (Lipinski definition) is 6. The molecule has 2 N–H and O–H groups in total. The van der Waals surface area contributed by atoms with Crippen molar-refractivity contribution in [3.8, 4) is 6.07 Å². The van der Waals surface area contributed by atoms with Crippen LogP contribution in [0.4, 0.5) is 9.80 Å². The molecule has 1 unspecified atom stereocenters. The van der Waals surface area contributed by atoms with Crippen LogP contribution in [0.5, 0.6) is 0 Å². The molecule has 2 heterocycles. The lowest BCUT2D eigenvalue weighted by Gasteiger charge is -2.24. The van der Waals surface area contributed by atoms with Crippen molar-refractivity contribution in [1.29, 1.82) is 5.26 Å². The lowest BCUT2D eigenvalue weighted by molar-refractivity contribution is 0.0292. The number of carbonyl (C=O) groups excluding carboxylic acids is 1. The molecule has 1 amide bonds. The van der Waals surface area contributed by atoms with Crippen molar-refractivity contribution in [3.63, 3.8) is 0 Å². The molecule has 1 saturated heterocycles. The van der Waals surface area contributed by atoms with E-state index in [4.69, 9.17) is 22.7 Å². The van der Waals surface area contributed by atoms with Gasteiger partial charge in [-0.05, 0) is 38.8 Å². The monoisotopic (exact) mass is 337 g/mol. The molecular formula is C15H19N3O2S2. The van der Waals surface area contributed by atoms with E-state index in [1.165, 1.54) is 11.3 Å². The standard InChI is InChI=1S/C15H19N3O2S2/c1-15(2,3)20-14(19)18-5-4-9(8-18)10-6-12(21)22-13(17)11(10)7-16/h6,9H,4-5,8,17H2,1-3H3. The second-order valence-corrected chi connectivity index (χ2v) is 8.07. The SMILES string of the molecule is CC(C)(C)OC(=O)N1CCC(c2cc(=S)sc(N)c2C#N)C1. The van der Waals surface area contributed by atoms with Gasteiger partial charge in [-0.1, -0.05) is 12.2 Å². The molecule has 0 radical (unpaired) electrons. The van der Waals surface area contributed by atoms with E-state index < -0.39 is 5.60 Å². The Morgan fingerprint density at radius 3 is 2.86 bits per heavy atom. The third-order valence-corrected chi connectivity index (χ3v) is 4.52. The van der Waals surface area contributed by atoms with Gasteiger partial charge in [0.15, 0.2) is 0 Å². The largest absolute Gasteiger partial charge is 0.444 e. The Kier molecular flexibility index (Phi) is 4.73. The topological polar surface area (TPSA) is 79.3 Å². The van der Waals surface area contributed by atoms with Crippen LogP contribution in [0.3, 0.4) is 0 Å². The molecule has 22 heavy (non-hydrogen) atoms. The molecule has 1 aromatic rings. The van der Waals surface area contributed by atoms with E-state index in [1.807, 2.05) is 26.8 Å². The number of nitrogen functional groups attached to an aromatic ring is 1. The second-order valence-electron chi connectivity index (χ2n) is 6.28. The number of hydrogen-bond donors (Lipinski definition) is 1. The highest BCUT2D eigenvalue weighted by atomic mass is 32.1. The summed E-state index contributed by atoms with van der Waals surface area (Å²) in [6, 6.07) is 3.99. The summed E-state index contributed by atoms with van der Waals surface area (Å²) in [4.78, 5) is 13.8. The third kappa shape index (κ3) is 3.76. The highest BCUT2D eigenvalue weighted by molar-refractivity contribution is 7.73. The Bertz CT molecular complexity index is 685. The zero-order valence-corrected chi connectivity index (χ0v) is 14.5. The van der Waals surface area contributed by atoms with Crippen molar-refractivity contribution >= 4 is 34.6 Å². The molecule has 118 valence electrons. The van der Waals surface area contributed by atoms with E-state index in [1.54, 1.807) is 4.90 Å². The first-order chi connectivity index (χ1) is 10.2. The van der Waals surface area contributed by atoms with Crippen LogP contribution >= 0.6 is 23.6 Å². The summed E-state index contributed by atoms with van der Waals surface area (Å²) in [6.07, 6.45) is 0.454. The van der Waals surface area contributed by atoms with E-state index in [0.717, 1.165) is 12.0 Å². The first-order valence-electron chi connectivity index (χ1n) is 7.03. The van der Waals surface area contributed by atoms with Crippen molar-refractivity contribution in [1.82, 2.24) is 4.90 Å². The molecule has 0 spiro atoms. The molecule has 1 atom stereocenters. The number of carbonyl (C=O) groups is 1. The Balaban J connectivity index is 2.20. The van der Waals surface area contributed by atoms with Crippen LogP contribution in [0, 0.1) is 15.2 Å². The number of likely N-dealkylation sites (tertiary alicyclic amines) is 1. The maximum atomic E-state index is 12.1. The van der Waals surface area contributed by atoms with Gasteiger partial charge in [-0.2, -0.15) is 5.26 Å². The summed E-state index contributed by atoms with van der Waals surface area (Å²) < 4.78 is 6.04. The summed E-state index contributed by atoms with van der Waals surface area (Å²) in [5.74, 6) is 0.0690. The van der Waals surface area contributed by atoms with Crippen molar-refractivity contribution < 1.29 is 9.53 Å². The molecule has 0 saturated carbocycles. The summed E-state index contributed by atoms with van der Waals surface area (Å²) in [6.45, 7) is 6.65. The summed E-state index contributed by atoms with van der Waals surface area (Å²) >= 11 is 6.44. The first kappa shape index (κ1) is 16.7. The molecule has 0 aromatic carbocycles. The molecule has 1 fully saturated rings. The van der Waals surface area contributed by atoms with Gasteiger partial charge in [0.2, 0.25) is 0 Å². The van der Waals surface area contributed by atoms with Crippen LogP contribution in [-0.4, -0.2) is 29.7 Å². The fourth-order valence-corrected chi connectivity index (χ4v) is 3.54. The average Bonchev–Trinajstić information content (AvgIpc) is 2.85. The summed E-state index contributed by atoms with van der Waals surface area (Å²) in [5.41, 5.74) is 6.71. The number of nitrogens with two attached hydrogens (primary N) is 1. The Hall–Kier alpha value is -1.65. The minimum absolute atomic E-state index is 0.0690. The summed E-state index contributed by atoms with van der Waals surface area (Å²) in [5, 5.41) is 9.76. The van der Waals surface area contributed by atoms with Gasteiger partial charge >= 0.3 is 6.09 Å². The van der Waals surface area contributed by atoms with E-state index in [0.29, 0.717) is 27.5 Å². The number of nitrogens with zero attached hydrogens (tertiary/aromatic N) is 2. The zero-order valence-electron chi connectivity index (χ0n) is 12.9. The third-order valence-electron chi connectivity index (χ3n) is 3.41. The van der Waals surface area contributed by atoms with Crippen LogP contribution in [0.2, 0.25) is 0 Å². The quantitative estimate of drug-likeness (QED) is 0.791. The molecule has 7 heteroatoms. The highest BCUT2D eigenvalue weighted by Crippen LogP contribution is 2.34. The highest BCUT2D eigenvalue weighted by Gasteiger charge is 2.32. The van der Waals surface area contributed by atoms with E-state index in [9.17, 15) is 10.1 Å². The number of nitriles is 1. The number of rotatable bonds is 1. The second kappa shape index (κ2) is 6.23. The molecular weight excluding hydrogens is 318 g/mol. The first-order valence-corrected chi connectivity index (χ1v) is 8.25. The minimum atomic E-state index is -0.514. The Labute approximate surface area is 139 Å². The van der Waals surface area contributed by atoms with Crippen LogP contribution in [-0.2, 0) is 4.74 Å². The lowest BCUT2D eigenvalue weighted by Crippen LogP contribution is -2.35. The molecule has 0 bridgehead atoms. The van der Waals surface area contributed by atoms with Gasteiger partial charge in [0, 0.05) is 19.0 Å². The predicted molar refractivity (Wildman–Crippen MR) is 89.4 cm³/mol. The van der Waals surface area contributed by atoms with Gasteiger partial charge in [0.25, 0.3) is 0 Å². The van der Waals surface area contributed by atoms with Gasteiger partial charge in [0.1, 0.15) is 16.7 Å². The van der Waals surface area contributed by atoms with Crippen LogP contribution < -0.4 is 5.73 Å². The molecule has 1 aromatic heterocycles. The molecule has 5 nitrogen and oxygen atoms in total. The van der Waals surface area contributed by atoms with E-state index >= 15 is 0 Å². The van der Waals surface area contributed by atoms with Crippen molar-refractivity contribution in [2.24, 2.45) is 0 Å². The fraction of sp³-hybridized carbons (Fsp3) is 0.533. The lowest BCUT2D eigenvalue weighted by atomic mass is 9.96. The van der Waals surface area contributed by atoms with Gasteiger partial charge < -0.3 is 15.4 Å². The number of amides is 1. The average molecular weight is 337 g/mol. The van der Waals surface area contributed by atoms with Crippen LogP contribution in [0.25, 0.3) is 0 Å². The van der Waals surface area contributed by atoms with Crippen molar-refractivity contribution in [2.75, 3.05) is 18.8 Å². The maximum Gasteiger partial charge on any atom is 0.410 e. The normalized spacial score (nSPS) is 18.1. The van der Waals surface area contributed by atoms with Gasteiger partial charge in [-0.3, -0.25) is 0 Å². The summed E-state index contributed by atoms with van der Waals surface area (Å²) in [7, 11) is 0. The fourth-order valence-electron chi connectivity index (χ4n) is 2.48. The Morgan fingerprint density at radius 2 is 2.27 bits per heavy atom. The van der Waals surface area contributed by atoms with E-state index in [2.05, 4.69) is 6.07 Å². The predicted octanol–water partition coefficient (Wildman–Crippen LogP) is 3.66. The molecule has 2 rings (SSSR count). The molecule has 1 aliphatic rings. The van der Waals surface area contributed by atoms with Gasteiger partial charge in [-0.25, -0.2) is 4.79 Å². The van der Waals surface area contributed by atoms with Crippen molar-refractivity contribution in [2.45, 2.75) is 38.7 Å². The van der Waals surface area contributed by atoms with E-state index in [-0.39, 0.29) is 12.0 Å². The molecule has 1 aliphatic heterocycles. The van der Waals surface area contributed by atoms with Crippen LogP contribution in [0.1, 0.15) is 44.2 Å². The van der Waals surface area contributed by atoms with Gasteiger partial charge in [-0.15, -0.1) is 11.3 Å². The van der Waals surface area contributed by atoms with Crippen molar-refractivity contribution in [3.05, 3.63) is 21.0 Å². The smallest absolute Gasteiger partial charge is 0.410 e. The number of anilines is 1. The zero-order chi connectivity index (χ0) is 16.5. The van der Waals surface area contributed by atoms with Gasteiger partial charge in [0.05, 0.1) is 9.39 Å². The maximum absolute atomic E-state index is 12.1. The minimum Gasteiger partial charge on any atom is -0.444 e. The molecule has 0 aliphatic carbocycles. The Morgan fingerprint density at radius 1 is 1.59 bits per heavy atom. The number of ether oxygens (including phenoxy) is 1. The van der Waals surface area contributed by atoms with Crippen LogP contribution in [0.15, 0.2) is 6.07 Å².